The molecular weight excluding hydrogens is 374 g/mol. The minimum absolute atomic E-state index is 0.00764. The van der Waals surface area contributed by atoms with E-state index in [0.29, 0.717) is 16.8 Å². The molecule has 1 N–H and O–H groups in total. The summed E-state index contributed by atoms with van der Waals surface area (Å²) < 4.78 is 0. The van der Waals surface area contributed by atoms with E-state index in [0.717, 1.165) is 39.0 Å². The molecule has 2 aromatic carbocycles. The van der Waals surface area contributed by atoms with Crippen molar-refractivity contribution in [2.75, 3.05) is 36.4 Å². The molecule has 0 saturated carbocycles. The van der Waals surface area contributed by atoms with Crippen LogP contribution in [0, 0.1) is 0 Å². The van der Waals surface area contributed by atoms with Crippen molar-refractivity contribution >= 4 is 23.2 Å². The van der Waals surface area contributed by atoms with E-state index in [4.69, 9.17) is 0 Å². The van der Waals surface area contributed by atoms with Gasteiger partial charge in [0.25, 0.3) is 11.8 Å². The van der Waals surface area contributed by atoms with Gasteiger partial charge in [0.1, 0.15) is 0 Å². The Morgan fingerprint density at radius 1 is 0.700 bits per heavy atom. The van der Waals surface area contributed by atoms with Crippen LogP contribution < -0.4 is 10.2 Å². The lowest BCUT2D eigenvalue weighted by Crippen LogP contribution is -2.32. The Morgan fingerprint density at radius 3 is 2.00 bits per heavy atom. The van der Waals surface area contributed by atoms with Gasteiger partial charge in [-0.3, -0.25) is 9.59 Å². The number of nitrogens with one attached hydrogen (secondary N) is 1. The molecule has 2 saturated heterocycles. The quantitative estimate of drug-likeness (QED) is 0.783. The minimum atomic E-state index is -0.184. The first-order valence-electron chi connectivity index (χ1n) is 11.3. The maximum absolute atomic E-state index is 13.1. The van der Waals surface area contributed by atoms with Crippen molar-refractivity contribution in [2.45, 2.75) is 44.9 Å². The number of carbonyl (C=O) groups is 2. The van der Waals surface area contributed by atoms with Crippen molar-refractivity contribution in [1.82, 2.24) is 4.90 Å². The van der Waals surface area contributed by atoms with E-state index < -0.39 is 0 Å². The van der Waals surface area contributed by atoms with E-state index in [1.54, 1.807) is 0 Å². The second kappa shape index (κ2) is 9.79. The van der Waals surface area contributed by atoms with Gasteiger partial charge in [-0.25, -0.2) is 0 Å². The predicted molar refractivity (Wildman–Crippen MR) is 121 cm³/mol. The van der Waals surface area contributed by atoms with Crippen LogP contribution in [0.25, 0.3) is 0 Å². The molecule has 0 unspecified atom stereocenters. The summed E-state index contributed by atoms with van der Waals surface area (Å²) in [6.45, 7) is 3.74. The molecule has 0 atom stereocenters. The topological polar surface area (TPSA) is 52.7 Å². The number of para-hydroxylation sites is 1. The van der Waals surface area contributed by atoms with Gasteiger partial charge in [0.05, 0.1) is 11.3 Å². The average molecular weight is 406 g/mol. The molecular formula is C25H31N3O2. The zero-order valence-corrected chi connectivity index (χ0v) is 17.6. The van der Waals surface area contributed by atoms with Gasteiger partial charge in [-0.05, 0) is 68.5 Å². The third-order valence-electron chi connectivity index (χ3n) is 6.15. The van der Waals surface area contributed by atoms with Gasteiger partial charge in [-0.2, -0.15) is 0 Å². The van der Waals surface area contributed by atoms with Crippen molar-refractivity contribution in [3.63, 3.8) is 0 Å². The Labute approximate surface area is 179 Å². The number of nitrogens with zero attached hydrogens (tertiary/aromatic N) is 2. The zero-order valence-electron chi connectivity index (χ0n) is 17.6. The molecule has 158 valence electrons. The third-order valence-corrected chi connectivity index (χ3v) is 6.15. The van der Waals surface area contributed by atoms with E-state index in [1.165, 1.54) is 37.8 Å². The fourth-order valence-electron chi connectivity index (χ4n) is 4.39. The molecule has 0 aliphatic carbocycles. The number of carbonyl (C=O) groups excluding carboxylic acids is 2. The molecule has 2 amide bonds. The predicted octanol–water partition coefficient (Wildman–Crippen LogP) is 4.95. The normalized spacial score (nSPS) is 17.3. The van der Waals surface area contributed by atoms with Crippen LogP contribution in [0.15, 0.2) is 48.5 Å². The average Bonchev–Trinajstić information content (AvgIpc) is 3.09. The minimum Gasteiger partial charge on any atom is -0.372 e. The molecule has 0 bridgehead atoms. The first-order valence-corrected chi connectivity index (χ1v) is 11.3. The summed E-state index contributed by atoms with van der Waals surface area (Å²) in [6, 6.07) is 15.1. The Balaban J connectivity index is 1.46. The van der Waals surface area contributed by atoms with Crippen LogP contribution in [0.2, 0.25) is 0 Å². The first-order chi connectivity index (χ1) is 14.7. The van der Waals surface area contributed by atoms with Crippen molar-refractivity contribution in [3.8, 4) is 0 Å². The summed E-state index contributed by atoms with van der Waals surface area (Å²) in [5, 5.41) is 2.96. The van der Waals surface area contributed by atoms with Gasteiger partial charge < -0.3 is 15.1 Å². The fraction of sp³-hybridized carbons (Fsp3) is 0.440. The highest BCUT2D eigenvalue weighted by Crippen LogP contribution is 2.23. The molecule has 2 aliphatic heterocycles. The molecule has 0 aromatic heterocycles. The number of amides is 2. The van der Waals surface area contributed by atoms with Gasteiger partial charge in [-0.15, -0.1) is 0 Å². The smallest absolute Gasteiger partial charge is 0.255 e. The number of hydrogen-bond acceptors (Lipinski definition) is 3. The molecule has 2 fully saturated rings. The Kier molecular flexibility index (Phi) is 6.67. The van der Waals surface area contributed by atoms with Crippen molar-refractivity contribution in [1.29, 1.82) is 0 Å². The molecule has 4 rings (SSSR count). The van der Waals surface area contributed by atoms with Gasteiger partial charge >= 0.3 is 0 Å². The maximum Gasteiger partial charge on any atom is 0.255 e. The standard InChI is InChI=1S/C25H31N3O2/c29-24(20-12-14-21(15-13-20)27-16-8-3-9-17-27)26-23-11-5-4-10-22(23)25(30)28-18-6-1-2-7-19-28/h4-5,10-15H,1-3,6-9,16-19H2,(H,26,29). The SMILES string of the molecule is O=C(Nc1ccccc1C(=O)N1CCCCCC1)c1ccc(N2CCCCC2)cc1. The summed E-state index contributed by atoms with van der Waals surface area (Å²) >= 11 is 0. The van der Waals surface area contributed by atoms with Gasteiger partial charge in [-0.1, -0.05) is 25.0 Å². The van der Waals surface area contributed by atoms with Crippen LogP contribution in [0.1, 0.15) is 65.7 Å². The summed E-state index contributed by atoms with van der Waals surface area (Å²) in [6.07, 6.45) is 8.19. The van der Waals surface area contributed by atoms with Gasteiger partial charge in [0.15, 0.2) is 0 Å². The third kappa shape index (κ3) is 4.84. The maximum atomic E-state index is 13.1. The molecule has 0 radical (unpaired) electrons. The van der Waals surface area contributed by atoms with E-state index in [-0.39, 0.29) is 11.8 Å². The summed E-state index contributed by atoms with van der Waals surface area (Å²) in [5.41, 5.74) is 2.92. The van der Waals surface area contributed by atoms with Crippen molar-refractivity contribution < 1.29 is 9.59 Å². The van der Waals surface area contributed by atoms with E-state index >= 15 is 0 Å². The van der Waals surface area contributed by atoms with Crippen LogP contribution in [0.5, 0.6) is 0 Å². The van der Waals surface area contributed by atoms with Crippen LogP contribution in [0.4, 0.5) is 11.4 Å². The van der Waals surface area contributed by atoms with E-state index in [2.05, 4.69) is 10.2 Å². The van der Waals surface area contributed by atoms with Crippen molar-refractivity contribution in [2.24, 2.45) is 0 Å². The molecule has 2 aromatic rings. The van der Waals surface area contributed by atoms with E-state index in [9.17, 15) is 9.59 Å². The summed E-state index contributed by atoms with van der Waals surface area (Å²) in [7, 11) is 0. The zero-order chi connectivity index (χ0) is 20.8. The van der Waals surface area contributed by atoms with Gasteiger partial charge in [0.2, 0.25) is 0 Å². The van der Waals surface area contributed by atoms with E-state index in [1.807, 2.05) is 53.4 Å². The lowest BCUT2D eigenvalue weighted by Gasteiger charge is -2.28. The highest BCUT2D eigenvalue weighted by Gasteiger charge is 2.21. The number of anilines is 2. The second-order valence-corrected chi connectivity index (χ2v) is 8.30. The Morgan fingerprint density at radius 2 is 1.30 bits per heavy atom. The molecule has 2 aliphatic rings. The monoisotopic (exact) mass is 405 g/mol. The number of hydrogen-bond donors (Lipinski definition) is 1. The van der Waals surface area contributed by atoms with Gasteiger partial charge in [0, 0.05) is 37.4 Å². The van der Waals surface area contributed by atoms with Crippen LogP contribution in [-0.2, 0) is 0 Å². The molecule has 0 spiro atoms. The number of piperidine rings is 1. The lowest BCUT2D eigenvalue weighted by molar-refractivity contribution is 0.0762. The molecule has 30 heavy (non-hydrogen) atoms. The Bertz CT molecular complexity index is 864. The molecule has 5 nitrogen and oxygen atoms in total. The van der Waals surface area contributed by atoms with Crippen LogP contribution in [0.3, 0.4) is 0 Å². The molecule has 5 heteroatoms. The second-order valence-electron chi connectivity index (χ2n) is 8.30. The highest BCUT2D eigenvalue weighted by molar-refractivity contribution is 6.09. The number of benzene rings is 2. The van der Waals surface area contributed by atoms with Crippen LogP contribution in [-0.4, -0.2) is 42.9 Å². The summed E-state index contributed by atoms with van der Waals surface area (Å²) in [5.74, 6) is -0.176. The number of likely N-dealkylation sites (tertiary alicyclic amines) is 1. The fourth-order valence-corrected chi connectivity index (χ4v) is 4.39. The number of rotatable bonds is 4. The lowest BCUT2D eigenvalue weighted by atomic mass is 10.1. The summed E-state index contributed by atoms with van der Waals surface area (Å²) in [4.78, 5) is 30.2. The molecule has 2 heterocycles. The first kappa shape index (κ1) is 20.5. The van der Waals surface area contributed by atoms with Crippen molar-refractivity contribution in [3.05, 3.63) is 59.7 Å². The van der Waals surface area contributed by atoms with Crippen LogP contribution >= 0.6 is 0 Å². The largest absolute Gasteiger partial charge is 0.372 e. The Hall–Kier alpha value is -2.82. The highest BCUT2D eigenvalue weighted by atomic mass is 16.2.